The molecule has 3 rings (SSSR count). The lowest BCUT2D eigenvalue weighted by Crippen LogP contribution is -2.50. The molecule has 1 aliphatic carbocycles. The predicted molar refractivity (Wildman–Crippen MR) is 125 cm³/mol. The quantitative estimate of drug-likeness (QED) is 0.670. The van der Waals surface area contributed by atoms with Gasteiger partial charge < -0.3 is 20.1 Å². The molecule has 2 atom stereocenters. The molecule has 0 aliphatic heterocycles. The van der Waals surface area contributed by atoms with E-state index < -0.39 is 0 Å². The average molecular weight is 439 g/mol. The van der Waals surface area contributed by atoms with Crippen molar-refractivity contribution in [2.24, 2.45) is 10.8 Å². The summed E-state index contributed by atoms with van der Waals surface area (Å²) in [7, 11) is 3.17. The summed E-state index contributed by atoms with van der Waals surface area (Å²) in [6.45, 7) is 7.17. The average Bonchev–Trinajstić information content (AvgIpc) is 2.76. The lowest BCUT2D eigenvalue weighted by atomic mass is 9.62. The van der Waals surface area contributed by atoms with E-state index in [0.29, 0.717) is 29.2 Å². The van der Waals surface area contributed by atoms with Crippen molar-refractivity contribution in [2.75, 3.05) is 20.8 Å². The molecule has 6 nitrogen and oxygen atoms in total. The van der Waals surface area contributed by atoms with Crippen molar-refractivity contribution >= 4 is 11.8 Å². The Morgan fingerprint density at radius 1 is 0.906 bits per heavy atom. The van der Waals surface area contributed by atoms with Gasteiger partial charge in [0.15, 0.2) is 0 Å². The number of hydrogen-bond acceptors (Lipinski definition) is 4. The van der Waals surface area contributed by atoms with Crippen LogP contribution in [-0.4, -0.2) is 38.6 Å². The number of rotatable bonds is 7. The normalized spacial score (nSPS) is 22.0. The predicted octanol–water partition coefficient (Wildman–Crippen LogP) is 4.45. The zero-order valence-corrected chi connectivity index (χ0v) is 19.7. The Balaban J connectivity index is 1.66. The fraction of sp³-hybridized carbons (Fsp3) is 0.462. The molecule has 32 heavy (non-hydrogen) atoms. The van der Waals surface area contributed by atoms with Crippen LogP contribution < -0.4 is 20.1 Å². The third-order valence-corrected chi connectivity index (χ3v) is 6.12. The molecule has 2 amide bonds. The lowest BCUT2D eigenvalue weighted by molar-refractivity contribution is 0.0592. The first-order valence-corrected chi connectivity index (χ1v) is 11.0. The van der Waals surface area contributed by atoms with Crippen molar-refractivity contribution in [3.63, 3.8) is 0 Å². The minimum atomic E-state index is -0.136. The van der Waals surface area contributed by atoms with Gasteiger partial charge in [0.1, 0.15) is 11.5 Å². The zero-order chi connectivity index (χ0) is 23.4. The topological polar surface area (TPSA) is 76.7 Å². The van der Waals surface area contributed by atoms with Crippen molar-refractivity contribution < 1.29 is 19.1 Å². The Morgan fingerprint density at radius 2 is 1.47 bits per heavy atom. The van der Waals surface area contributed by atoms with E-state index in [1.54, 1.807) is 38.5 Å². The third-order valence-electron chi connectivity index (χ3n) is 6.12. The van der Waals surface area contributed by atoms with Gasteiger partial charge in [0.25, 0.3) is 11.8 Å². The fourth-order valence-corrected chi connectivity index (χ4v) is 5.06. The summed E-state index contributed by atoms with van der Waals surface area (Å²) in [5.74, 6) is 1.09. The Hall–Kier alpha value is -3.02. The Labute approximate surface area is 190 Å². The smallest absolute Gasteiger partial charge is 0.251 e. The molecule has 2 N–H and O–H groups in total. The number of carbonyl (C=O) groups excluding carboxylic acids is 2. The monoisotopic (exact) mass is 438 g/mol. The maximum Gasteiger partial charge on any atom is 0.251 e. The molecular formula is C26H34N2O4. The number of amides is 2. The maximum absolute atomic E-state index is 12.9. The minimum absolute atomic E-state index is 0.0242. The van der Waals surface area contributed by atoms with Gasteiger partial charge in [-0.1, -0.05) is 32.9 Å². The van der Waals surface area contributed by atoms with Crippen LogP contribution >= 0.6 is 0 Å². The molecule has 172 valence electrons. The van der Waals surface area contributed by atoms with Crippen molar-refractivity contribution in [3.8, 4) is 11.5 Å². The van der Waals surface area contributed by atoms with Gasteiger partial charge in [-0.05, 0) is 66.5 Å². The second kappa shape index (κ2) is 9.63. The molecule has 1 fully saturated rings. The van der Waals surface area contributed by atoms with E-state index in [9.17, 15) is 9.59 Å². The summed E-state index contributed by atoms with van der Waals surface area (Å²) in [5, 5.41) is 6.30. The van der Waals surface area contributed by atoms with Gasteiger partial charge in [0.05, 0.1) is 14.2 Å². The van der Waals surface area contributed by atoms with Crippen LogP contribution in [0.3, 0.4) is 0 Å². The highest BCUT2D eigenvalue weighted by Gasteiger charge is 2.42. The van der Waals surface area contributed by atoms with Gasteiger partial charge in [-0.3, -0.25) is 9.59 Å². The fourth-order valence-electron chi connectivity index (χ4n) is 5.06. The van der Waals surface area contributed by atoms with Crippen LogP contribution in [0.25, 0.3) is 0 Å². The first-order chi connectivity index (χ1) is 15.1. The number of ether oxygens (including phenoxy) is 2. The molecule has 1 aliphatic rings. The summed E-state index contributed by atoms with van der Waals surface area (Å²) in [6.07, 6.45) is 2.65. The lowest BCUT2D eigenvalue weighted by Gasteiger charge is -2.47. The number of hydrogen-bond donors (Lipinski definition) is 2. The number of nitrogens with one attached hydrogen (secondary N) is 2. The molecular weight excluding hydrogens is 404 g/mol. The molecule has 6 heteroatoms. The van der Waals surface area contributed by atoms with E-state index >= 15 is 0 Å². The Bertz CT molecular complexity index is 972. The second-order valence-corrected chi connectivity index (χ2v) is 9.88. The van der Waals surface area contributed by atoms with E-state index in [0.717, 1.165) is 19.3 Å². The molecule has 2 aromatic carbocycles. The van der Waals surface area contributed by atoms with Gasteiger partial charge in [0, 0.05) is 23.7 Å². The summed E-state index contributed by atoms with van der Waals surface area (Å²) in [4.78, 5) is 25.6. The van der Waals surface area contributed by atoms with Crippen LogP contribution in [0.5, 0.6) is 11.5 Å². The van der Waals surface area contributed by atoms with E-state index in [-0.39, 0.29) is 28.7 Å². The largest absolute Gasteiger partial charge is 0.497 e. The van der Waals surface area contributed by atoms with Crippen LogP contribution in [0, 0.1) is 10.8 Å². The maximum atomic E-state index is 12.9. The van der Waals surface area contributed by atoms with E-state index in [1.807, 2.05) is 24.3 Å². The zero-order valence-electron chi connectivity index (χ0n) is 19.7. The molecule has 0 saturated heterocycles. The van der Waals surface area contributed by atoms with Crippen LogP contribution in [0.1, 0.15) is 60.7 Å². The van der Waals surface area contributed by atoms with Crippen LogP contribution in [0.2, 0.25) is 0 Å². The van der Waals surface area contributed by atoms with Crippen molar-refractivity contribution in [3.05, 3.63) is 59.7 Å². The van der Waals surface area contributed by atoms with Gasteiger partial charge in [-0.15, -0.1) is 0 Å². The molecule has 1 saturated carbocycles. The third kappa shape index (κ3) is 6.02. The van der Waals surface area contributed by atoms with Crippen LogP contribution in [-0.2, 0) is 0 Å². The van der Waals surface area contributed by atoms with Crippen molar-refractivity contribution in [2.45, 2.75) is 46.1 Å². The highest BCUT2D eigenvalue weighted by Crippen LogP contribution is 2.45. The molecule has 0 heterocycles. The van der Waals surface area contributed by atoms with E-state index in [1.165, 1.54) is 0 Å². The van der Waals surface area contributed by atoms with E-state index in [4.69, 9.17) is 9.47 Å². The molecule has 2 unspecified atom stereocenters. The van der Waals surface area contributed by atoms with Gasteiger partial charge in [0.2, 0.25) is 0 Å². The Morgan fingerprint density at radius 3 is 2.03 bits per heavy atom. The highest BCUT2D eigenvalue weighted by atomic mass is 16.5. The molecule has 0 aromatic heterocycles. The van der Waals surface area contributed by atoms with Gasteiger partial charge in [-0.25, -0.2) is 0 Å². The first kappa shape index (κ1) is 23.6. The Kier molecular flexibility index (Phi) is 7.12. The standard InChI is InChI=1S/C26H34N2O4/c1-25(2)14-20(28-24(30)19-9-7-11-22(13-19)32-5)15-26(3,16-25)17-27-23(29)18-8-6-10-21(12-18)31-4/h6-13,20H,14-17H2,1-5H3,(H,27,29)(H,28,30). The SMILES string of the molecule is COc1cccc(C(=O)NCC2(C)CC(NC(=O)c3cccc(OC)c3)CC(C)(C)C2)c1. The number of benzene rings is 2. The van der Waals surface area contributed by atoms with Crippen molar-refractivity contribution in [1.82, 2.24) is 10.6 Å². The molecule has 0 radical (unpaired) electrons. The first-order valence-electron chi connectivity index (χ1n) is 11.0. The second-order valence-electron chi connectivity index (χ2n) is 9.88. The molecule has 0 bridgehead atoms. The summed E-state index contributed by atoms with van der Waals surface area (Å²) in [5.41, 5.74) is 1.06. The van der Waals surface area contributed by atoms with Crippen LogP contribution in [0.15, 0.2) is 48.5 Å². The summed E-state index contributed by atoms with van der Waals surface area (Å²) in [6, 6.07) is 14.3. The highest BCUT2D eigenvalue weighted by molar-refractivity contribution is 5.95. The number of methoxy groups -OCH3 is 2. The van der Waals surface area contributed by atoms with Gasteiger partial charge >= 0.3 is 0 Å². The molecule has 2 aromatic rings. The van der Waals surface area contributed by atoms with Gasteiger partial charge in [-0.2, -0.15) is 0 Å². The molecule has 0 spiro atoms. The van der Waals surface area contributed by atoms with Crippen LogP contribution in [0.4, 0.5) is 0 Å². The summed E-state index contributed by atoms with van der Waals surface area (Å²) < 4.78 is 10.5. The minimum Gasteiger partial charge on any atom is -0.497 e. The van der Waals surface area contributed by atoms with E-state index in [2.05, 4.69) is 31.4 Å². The summed E-state index contributed by atoms with van der Waals surface area (Å²) >= 11 is 0. The van der Waals surface area contributed by atoms with Crippen molar-refractivity contribution in [1.29, 1.82) is 0 Å². The number of carbonyl (C=O) groups is 2.